The van der Waals surface area contributed by atoms with Crippen LogP contribution in [0.5, 0.6) is 0 Å². The molecule has 2 rings (SSSR count). The molecule has 3 N–H and O–H groups in total. The summed E-state index contributed by atoms with van der Waals surface area (Å²) < 4.78 is 38.1. The van der Waals surface area contributed by atoms with Crippen LogP contribution in [-0.2, 0) is 15.8 Å². The predicted octanol–water partition coefficient (Wildman–Crippen LogP) is 0.319. The highest BCUT2D eigenvalue weighted by atomic mass is 19.4. The third kappa shape index (κ3) is 2.73. The summed E-state index contributed by atoms with van der Waals surface area (Å²) in [7, 11) is 0. The van der Waals surface area contributed by atoms with Gasteiger partial charge in [-0.15, -0.1) is 0 Å². The number of carbonyl (C=O) groups is 2. The zero-order valence-corrected chi connectivity index (χ0v) is 11.2. The van der Waals surface area contributed by atoms with E-state index in [4.69, 9.17) is 5.73 Å². The lowest BCUT2D eigenvalue weighted by atomic mass is 9.99. The quantitative estimate of drug-likeness (QED) is 0.725. The minimum absolute atomic E-state index is 0.233. The fourth-order valence-electron chi connectivity index (χ4n) is 1.87. The molecule has 2 amide bonds. The van der Waals surface area contributed by atoms with E-state index in [1.165, 1.54) is 13.8 Å². The van der Waals surface area contributed by atoms with Crippen molar-refractivity contribution in [2.24, 2.45) is 0 Å². The van der Waals surface area contributed by atoms with Gasteiger partial charge in [0.2, 0.25) is 11.7 Å². The molecule has 0 unspecified atom stereocenters. The summed E-state index contributed by atoms with van der Waals surface area (Å²) in [6.45, 7) is 2.60. The first-order valence-electron chi connectivity index (χ1n) is 5.85. The molecule has 0 spiro atoms. The van der Waals surface area contributed by atoms with Gasteiger partial charge in [0.25, 0.3) is 5.91 Å². The van der Waals surface area contributed by atoms with Crippen LogP contribution < -0.4 is 16.0 Å². The van der Waals surface area contributed by atoms with Crippen LogP contribution in [-0.4, -0.2) is 33.9 Å². The maximum absolute atomic E-state index is 12.7. The van der Waals surface area contributed by atoms with Crippen LogP contribution in [0, 0.1) is 0 Å². The maximum Gasteiger partial charge on any atom is 0.451 e. The van der Waals surface area contributed by atoms with E-state index < -0.39 is 35.2 Å². The molecule has 1 fully saturated rings. The molecule has 1 aliphatic rings. The Morgan fingerprint density at radius 2 is 1.95 bits per heavy atom. The SMILES string of the molecule is CC1(C)C(=O)NC(=O)CN1c1cc(N)nc(C(F)(F)F)n1. The van der Waals surface area contributed by atoms with Crippen molar-refractivity contribution in [1.29, 1.82) is 0 Å². The fourth-order valence-corrected chi connectivity index (χ4v) is 1.87. The van der Waals surface area contributed by atoms with Gasteiger partial charge in [0, 0.05) is 6.07 Å². The van der Waals surface area contributed by atoms with Crippen molar-refractivity contribution in [2.45, 2.75) is 25.6 Å². The van der Waals surface area contributed by atoms with E-state index in [2.05, 4.69) is 15.3 Å². The molecule has 2 heterocycles. The highest BCUT2D eigenvalue weighted by Crippen LogP contribution is 2.31. The zero-order valence-electron chi connectivity index (χ0n) is 11.2. The summed E-state index contributed by atoms with van der Waals surface area (Å²) in [5.74, 6) is -3.33. The Balaban J connectivity index is 2.52. The van der Waals surface area contributed by atoms with Crippen LogP contribution in [0.4, 0.5) is 24.8 Å². The normalized spacial score (nSPS) is 18.6. The molecular formula is C11H12F3N5O2. The van der Waals surface area contributed by atoms with Crippen LogP contribution in [0.2, 0.25) is 0 Å². The van der Waals surface area contributed by atoms with Crippen LogP contribution in [0.25, 0.3) is 0 Å². The molecule has 1 aromatic rings. The predicted molar refractivity (Wildman–Crippen MR) is 66.0 cm³/mol. The molecule has 0 atom stereocenters. The Morgan fingerprint density at radius 1 is 1.33 bits per heavy atom. The Kier molecular flexibility index (Phi) is 3.27. The van der Waals surface area contributed by atoms with Crippen LogP contribution in [0.3, 0.4) is 0 Å². The molecule has 0 bridgehead atoms. The fraction of sp³-hybridized carbons (Fsp3) is 0.455. The van der Waals surface area contributed by atoms with E-state index in [0.29, 0.717) is 0 Å². The average molecular weight is 303 g/mol. The number of alkyl halides is 3. The van der Waals surface area contributed by atoms with Crippen molar-refractivity contribution in [3.63, 3.8) is 0 Å². The summed E-state index contributed by atoms with van der Waals surface area (Å²) in [5.41, 5.74) is 4.10. The van der Waals surface area contributed by atoms with Gasteiger partial charge in [0.1, 0.15) is 17.2 Å². The second kappa shape index (κ2) is 4.57. The third-order valence-electron chi connectivity index (χ3n) is 3.05. The molecule has 21 heavy (non-hydrogen) atoms. The highest BCUT2D eigenvalue weighted by Gasteiger charge is 2.43. The number of amides is 2. The second-order valence-electron chi connectivity index (χ2n) is 4.99. The monoisotopic (exact) mass is 303 g/mol. The highest BCUT2D eigenvalue weighted by molar-refractivity contribution is 6.06. The summed E-state index contributed by atoms with van der Waals surface area (Å²) in [4.78, 5) is 30.9. The Morgan fingerprint density at radius 3 is 2.52 bits per heavy atom. The molecule has 0 radical (unpaired) electrons. The Labute approximate surface area is 117 Å². The molecule has 1 aromatic heterocycles. The number of piperazine rings is 1. The number of anilines is 2. The lowest BCUT2D eigenvalue weighted by molar-refractivity contribution is -0.144. The van der Waals surface area contributed by atoms with Gasteiger partial charge in [0.05, 0.1) is 6.54 Å². The molecule has 1 saturated heterocycles. The van der Waals surface area contributed by atoms with E-state index in [-0.39, 0.29) is 12.4 Å². The Hall–Kier alpha value is -2.39. The first kappa shape index (κ1) is 15.0. The summed E-state index contributed by atoms with van der Waals surface area (Å²) >= 11 is 0. The number of imide groups is 1. The van der Waals surface area contributed by atoms with Crippen LogP contribution in [0.15, 0.2) is 6.07 Å². The largest absolute Gasteiger partial charge is 0.451 e. The van der Waals surface area contributed by atoms with Crippen LogP contribution in [0.1, 0.15) is 19.7 Å². The van der Waals surface area contributed by atoms with Gasteiger partial charge in [0.15, 0.2) is 0 Å². The number of nitrogens with two attached hydrogens (primary N) is 1. The van der Waals surface area contributed by atoms with Crippen molar-refractivity contribution in [2.75, 3.05) is 17.2 Å². The second-order valence-corrected chi connectivity index (χ2v) is 4.99. The van der Waals surface area contributed by atoms with Gasteiger partial charge >= 0.3 is 6.18 Å². The number of hydrogen-bond acceptors (Lipinski definition) is 6. The van der Waals surface area contributed by atoms with Crippen molar-refractivity contribution >= 4 is 23.5 Å². The van der Waals surface area contributed by atoms with E-state index in [9.17, 15) is 22.8 Å². The number of rotatable bonds is 1. The van der Waals surface area contributed by atoms with Crippen molar-refractivity contribution < 1.29 is 22.8 Å². The first-order valence-corrected chi connectivity index (χ1v) is 5.85. The maximum atomic E-state index is 12.7. The summed E-state index contributed by atoms with van der Waals surface area (Å²) in [6, 6.07) is 1.09. The number of carbonyl (C=O) groups excluding carboxylic acids is 2. The molecule has 10 heteroatoms. The van der Waals surface area contributed by atoms with Gasteiger partial charge in [-0.2, -0.15) is 13.2 Å². The molecular weight excluding hydrogens is 291 g/mol. The minimum atomic E-state index is -4.78. The van der Waals surface area contributed by atoms with E-state index in [1.807, 2.05) is 0 Å². The lowest BCUT2D eigenvalue weighted by Gasteiger charge is -2.41. The van der Waals surface area contributed by atoms with Gasteiger partial charge in [-0.05, 0) is 13.8 Å². The molecule has 0 aromatic carbocycles. The standard InChI is InChI=1S/C11H12F3N5O2/c1-10(2)9(21)18-7(20)4-19(10)6-3-5(15)16-8(17-6)11(12,13)14/h3H,4H2,1-2H3,(H2,15,16,17)(H,18,20,21). The number of aromatic nitrogens is 2. The molecule has 0 aliphatic carbocycles. The number of nitrogen functional groups attached to an aromatic ring is 1. The smallest absolute Gasteiger partial charge is 0.384 e. The average Bonchev–Trinajstić information content (AvgIpc) is 2.32. The van der Waals surface area contributed by atoms with Crippen LogP contribution >= 0.6 is 0 Å². The molecule has 114 valence electrons. The van der Waals surface area contributed by atoms with Crippen molar-refractivity contribution in [1.82, 2.24) is 15.3 Å². The van der Waals surface area contributed by atoms with Gasteiger partial charge < -0.3 is 10.6 Å². The van der Waals surface area contributed by atoms with Gasteiger partial charge in [-0.3, -0.25) is 14.9 Å². The molecule has 1 aliphatic heterocycles. The number of hydrogen-bond donors (Lipinski definition) is 2. The van der Waals surface area contributed by atoms with E-state index in [0.717, 1.165) is 11.0 Å². The minimum Gasteiger partial charge on any atom is -0.384 e. The topological polar surface area (TPSA) is 101 Å². The van der Waals surface area contributed by atoms with Gasteiger partial charge in [-0.25, -0.2) is 9.97 Å². The first-order chi connectivity index (χ1) is 9.51. The molecule has 7 nitrogen and oxygen atoms in total. The van der Waals surface area contributed by atoms with E-state index in [1.54, 1.807) is 0 Å². The molecule has 0 saturated carbocycles. The number of halogens is 3. The van der Waals surface area contributed by atoms with Crippen molar-refractivity contribution in [3.05, 3.63) is 11.9 Å². The van der Waals surface area contributed by atoms with Crippen molar-refractivity contribution in [3.8, 4) is 0 Å². The Bertz CT molecular complexity index is 614. The lowest BCUT2D eigenvalue weighted by Crippen LogP contribution is -2.64. The number of nitrogens with zero attached hydrogens (tertiary/aromatic N) is 3. The third-order valence-corrected chi connectivity index (χ3v) is 3.05. The van der Waals surface area contributed by atoms with E-state index >= 15 is 0 Å². The summed E-state index contributed by atoms with van der Waals surface area (Å²) in [5, 5.41) is 2.11. The summed E-state index contributed by atoms with van der Waals surface area (Å²) in [6.07, 6.45) is -4.78. The zero-order chi connectivity index (χ0) is 16.0. The number of nitrogens with one attached hydrogen (secondary N) is 1. The van der Waals surface area contributed by atoms with Gasteiger partial charge in [-0.1, -0.05) is 0 Å².